The molecule has 1 aliphatic heterocycles. The second kappa shape index (κ2) is 11.1. The Balaban J connectivity index is 1.90. The lowest BCUT2D eigenvalue weighted by Gasteiger charge is -2.30. The maximum atomic E-state index is 5.38. The lowest BCUT2D eigenvalue weighted by atomic mass is 10.2. The molecule has 2 nitrogen and oxygen atoms in total. The smallest absolute Gasteiger partial charge is 0.161 e. The topological polar surface area (TPSA) is 24.7 Å². The predicted octanol–water partition coefficient (Wildman–Crippen LogP) is 6.50. The van der Waals surface area contributed by atoms with Crippen molar-refractivity contribution in [2.45, 2.75) is 19.8 Å². The van der Waals surface area contributed by atoms with E-state index in [-0.39, 0.29) is 0 Å². The second-order valence-electron chi connectivity index (χ2n) is 8.42. The molecule has 0 atom stereocenters. The molecule has 0 saturated heterocycles. The van der Waals surface area contributed by atoms with Crippen molar-refractivity contribution in [2.75, 3.05) is 5.75 Å². The van der Waals surface area contributed by atoms with Crippen LogP contribution in [0.3, 0.4) is 0 Å². The van der Waals surface area contributed by atoms with E-state index in [0.717, 1.165) is 34.0 Å². The summed E-state index contributed by atoms with van der Waals surface area (Å²) in [5.74, 6) is 1.85. The number of thioether (sulfide) groups is 1. The highest BCUT2D eigenvalue weighted by molar-refractivity contribution is 8.18. The van der Waals surface area contributed by atoms with Gasteiger partial charge in [0.05, 0.1) is 0 Å². The minimum atomic E-state index is -2.29. The van der Waals surface area contributed by atoms with Crippen LogP contribution in [0.5, 0.6) is 0 Å². The van der Waals surface area contributed by atoms with Gasteiger partial charge in [-0.05, 0) is 28.1 Å². The van der Waals surface area contributed by atoms with E-state index < -0.39 is 6.89 Å². The van der Waals surface area contributed by atoms with Gasteiger partial charge in [0.1, 0.15) is 10.5 Å². The van der Waals surface area contributed by atoms with Crippen LogP contribution in [0.2, 0.25) is 0 Å². The van der Waals surface area contributed by atoms with E-state index in [1.54, 1.807) is 0 Å². The van der Waals surface area contributed by atoms with Crippen molar-refractivity contribution >= 4 is 50.9 Å². The van der Waals surface area contributed by atoms with E-state index in [1.165, 1.54) is 22.3 Å². The zero-order valence-electron chi connectivity index (χ0n) is 19.9. The molecule has 0 fully saturated rings. The van der Waals surface area contributed by atoms with E-state index in [9.17, 15) is 0 Å². The van der Waals surface area contributed by atoms with Gasteiger partial charge in [-0.1, -0.05) is 135 Å². The molecule has 0 unspecified atom stereocenters. The Kier molecular flexibility index (Phi) is 7.47. The van der Waals surface area contributed by atoms with Crippen LogP contribution in [0.1, 0.15) is 25.3 Å². The minimum absolute atomic E-state index is 0.812. The number of hydrogen-bond donors (Lipinski definition) is 0. The van der Waals surface area contributed by atoms with E-state index in [0.29, 0.717) is 0 Å². The molecule has 0 N–H and O–H groups in total. The molecular formula is C31H29N2PS. The summed E-state index contributed by atoms with van der Waals surface area (Å²) in [4.78, 5) is 10.6. The predicted molar refractivity (Wildman–Crippen MR) is 158 cm³/mol. The molecule has 4 heteroatoms. The van der Waals surface area contributed by atoms with Crippen LogP contribution < -0.4 is 15.9 Å². The Hall–Kier alpha value is -3.13. The third-order valence-electron chi connectivity index (χ3n) is 6.13. The van der Waals surface area contributed by atoms with E-state index in [4.69, 9.17) is 9.98 Å². The Morgan fingerprint density at radius 3 is 1.51 bits per heavy atom. The molecule has 0 saturated carbocycles. The molecule has 0 radical (unpaired) electrons. The Morgan fingerprint density at radius 2 is 1.06 bits per heavy atom. The summed E-state index contributed by atoms with van der Waals surface area (Å²) < 4.78 is 0. The minimum Gasteiger partial charge on any atom is -0.225 e. The fourth-order valence-corrected chi connectivity index (χ4v) is 10.1. The van der Waals surface area contributed by atoms with Crippen molar-refractivity contribution in [3.8, 4) is 0 Å². The first kappa shape index (κ1) is 23.6. The third-order valence-corrected chi connectivity index (χ3v) is 11.5. The third kappa shape index (κ3) is 4.72. The molecule has 0 bridgehead atoms. The van der Waals surface area contributed by atoms with Gasteiger partial charge in [-0.25, -0.2) is 9.98 Å². The van der Waals surface area contributed by atoms with Gasteiger partial charge in [-0.2, -0.15) is 0 Å². The first-order valence-corrected chi connectivity index (χ1v) is 14.9. The van der Waals surface area contributed by atoms with Crippen molar-refractivity contribution in [1.82, 2.24) is 0 Å². The standard InChI is InChI=1S/C31H29N2PS/c1-2-3-24-35-31-30(32-29(33-31)25-16-8-4-9-17-25)34(26-18-10-5-11-19-26,27-20-12-6-13-21-27)28-22-14-7-15-23-28/h4-23H,2-3,24H2,1H3. The lowest BCUT2D eigenvalue weighted by Crippen LogP contribution is -2.31. The summed E-state index contributed by atoms with van der Waals surface area (Å²) in [5.41, 5.74) is 2.17. The summed E-state index contributed by atoms with van der Waals surface area (Å²) in [7, 11) is 0. The highest BCUT2D eigenvalue weighted by atomic mass is 32.2. The van der Waals surface area contributed by atoms with Gasteiger partial charge in [-0.15, -0.1) is 11.8 Å². The maximum absolute atomic E-state index is 5.38. The van der Waals surface area contributed by atoms with Gasteiger partial charge in [0.2, 0.25) is 0 Å². The first-order chi connectivity index (χ1) is 17.3. The molecule has 35 heavy (non-hydrogen) atoms. The number of hydrogen-bond acceptors (Lipinski definition) is 2. The number of amidine groups is 1. The molecule has 1 heterocycles. The number of unbranched alkanes of at least 4 members (excludes halogenated alkanes) is 1. The SMILES string of the molecule is CCCCSC1=NC(c2ccccc2)=NC1=P(c1ccccc1)(c1ccccc1)c1ccccc1. The van der Waals surface area contributed by atoms with Crippen LogP contribution in [0.15, 0.2) is 131 Å². The molecular weight excluding hydrogens is 463 g/mol. The average Bonchev–Trinajstić information content (AvgIpc) is 3.36. The van der Waals surface area contributed by atoms with Crippen LogP contribution in [0.4, 0.5) is 0 Å². The largest absolute Gasteiger partial charge is 0.225 e. The van der Waals surface area contributed by atoms with Crippen LogP contribution >= 0.6 is 18.6 Å². The fraction of sp³-hybridized carbons (Fsp3) is 0.129. The zero-order chi connectivity index (χ0) is 23.9. The molecule has 0 amide bonds. The first-order valence-electron chi connectivity index (χ1n) is 12.1. The van der Waals surface area contributed by atoms with Gasteiger partial charge >= 0.3 is 0 Å². The van der Waals surface area contributed by atoms with Crippen LogP contribution in [0.25, 0.3) is 0 Å². The molecule has 4 aromatic rings. The summed E-state index contributed by atoms with van der Waals surface area (Å²) in [6.45, 7) is -0.0471. The average molecular weight is 493 g/mol. The highest BCUT2D eigenvalue weighted by Crippen LogP contribution is 2.48. The zero-order valence-corrected chi connectivity index (χ0v) is 21.6. The second-order valence-corrected chi connectivity index (χ2v) is 12.8. The number of aliphatic imine (C=N–C) groups is 2. The quantitative estimate of drug-likeness (QED) is 0.213. The molecule has 174 valence electrons. The summed E-state index contributed by atoms with van der Waals surface area (Å²) >= 11 is 1.85. The van der Waals surface area contributed by atoms with Gasteiger partial charge in [0, 0.05) is 12.4 Å². The molecule has 1 aliphatic rings. The Morgan fingerprint density at radius 1 is 0.600 bits per heavy atom. The number of benzene rings is 4. The fourth-order valence-electron chi connectivity index (χ4n) is 4.43. The Bertz CT molecular complexity index is 1280. The highest BCUT2D eigenvalue weighted by Gasteiger charge is 2.35. The molecule has 0 aliphatic carbocycles. The van der Waals surface area contributed by atoms with Gasteiger partial charge in [0.15, 0.2) is 5.84 Å². The molecule has 5 rings (SSSR count). The summed E-state index contributed by atoms with van der Waals surface area (Å²) in [6, 6.07) is 43.1. The van der Waals surface area contributed by atoms with E-state index in [1.807, 2.05) is 17.8 Å². The van der Waals surface area contributed by atoms with Crippen molar-refractivity contribution in [1.29, 1.82) is 0 Å². The lowest BCUT2D eigenvalue weighted by molar-refractivity contribution is 0.898. The van der Waals surface area contributed by atoms with Crippen molar-refractivity contribution in [3.05, 3.63) is 127 Å². The van der Waals surface area contributed by atoms with Gasteiger partial charge < -0.3 is 0 Å². The van der Waals surface area contributed by atoms with E-state index >= 15 is 0 Å². The number of rotatable bonds is 7. The van der Waals surface area contributed by atoms with Crippen molar-refractivity contribution in [3.63, 3.8) is 0 Å². The summed E-state index contributed by atoms with van der Waals surface area (Å²) in [6.07, 6.45) is 2.32. The van der Waals surface area contributed by atoms with Crippen LogP contribution in [-0.4, -0.2) is 22.0 Å². The number of nitrogens with zero attached hydrogens (tertiary/aromatic N) is 2. The normalized spacial score (nSPS) is 13.5. The maximum Gasteiger partial charge on any atom is 0.161 e. The Labute approximate surface area is 212 Å². The van der Waals surface area contributed by atoms with Crippen molar-refractivity contribution < 1.29 is 0 Å². The monoisotopic (exact) mass is 492 g/mol. The van der Waals surface area contributed by atoms with Crippen LogP contribution in [0, 0.1) is 0 Å². The van der Waals surface area contributed by atoms with Gasteiger partial charge in [-0.3, -0.25) is 0 Å². The summed E-state index contributed by atoms with van der Waals surface area (Å²) in [5, 5.41) is 4.96. The molecule has 4 aromatic carbocycles. The van der Waals surface area contributed by atoms with Crippen molar-refractivity contribution in [2.24, 2.45) is 9.98 Å². The van der Waals surface area contributed by atoms with E-state index in [2.05, 4.69) is 122 Å². The molecule has 0 aromatic heterocycles. The van der Waals surface area contributed by atoms with Gasteiger partial charge in [0.25, 0.3) is 0 Å². The molecule has 0 spiro atoms. The van der Waals surface area contributed by atoms with Crippen LogP contribution in [-0.2, 0) is 0 Å².